The maximum atomic E-state index is 13.1. The lowest BCUT2D eigenvalue weighted by atomic mass is 10.1. The van der Waals surface area contributed by atoms with E-state index in [2.05, 4.69) is 15.5 Å². The first-order valence-corrected chi connectivity index (χ1v) is 9.53. The van der Waals surface area contributed by atoms with Crippen molar-refractivity contribution in [1.82, 2.24) is 14.9 Å². The Hall–Kier alpha value is -3.21. The van der Waals surface area contributed by atoms with Gasteiger partial charge < -0.3 is 15.9 Å². The topological polar surface area (TPSA) is 95.1 Å². The zero-order chi connectivity index (χ0) is 21.9. The van der Waals surface area contributed by atoms with Crippen molar-refractivity contribution >= 4 is 23.4 Å². The van der Waals surface area contributed by atoms with Crippen molar-refractivity contribution in [3.05, 3.63) is 65.5 Å². The predicted molar refractivity (Wildman–Crippen MR) is 107 cm³/mol. The van der Waals surface area contributed by atoms with Crippen LogP contribution >= 0.6 is 11.8 Å². The minimum absolute atomic E-state index is 0.248. The molecule has 0 fully saturated rings. The fraction of sp³-hybridized carbons (Fsp3) is 0.211. The van der Waals surface area contributed by atoms with E-state index < -0.39 is 23.2 Å². The summed E-state index contributed by atoms with van der Waals surface area (Å²) >= 11 is 0.762. The van der Waals surface area contributed by atoms with Gasteiger partial charge in [-0.1, -0.05) is 48.2 Å². The lowest BCUT2D eigenvalue weighted by Crippen LogP contribution is -2.23. The van der Waals surface area contributed by atoms with E-state index in [4.69, 9.17) is 10.6 Å². The molecule has 3 rings (SSSR count). The number of thioether (sulfide) groups is 1. The maximum Gasteiger partial charge on any atom is 0.453 e. The molecule has 0 aliphatic rings. The summed E-state index contributed by atoms with van der Waals surface area (Å²) < 4.78 is 44.6. The van der Waals surface area contributed by atoms with Gasteiger partial charge in [0, 0.05) is 0 Å². The van der Waals surface area contributed by atoms with E-state index in [1.165, 1.54) is 7.11 Å². The van der Waals surface area contributed by atoms with Crippen LogP contribution in [0, 0.1) is 6.92 Å². The number of hydrogen-bond acceptors (Lipinski definition) is 6. The molecule has 3 N–H and O–H groups in total. The van der Waals surface area contributed by atoms with E-state index in [0.717, 1.165) is 17.3 Å². The van der Waals surface area contributed by atoms with Gasteiger partial charge in [-0.25, -0.2) is 4.68 Å². The Labute approximate surface area is 174 Å². The van der Waals surface area contributed by atoms with Gasteiger partial charge in [-0.3, -0.25) is 4.79 Å². The normalized spacial score (nSPS) is 12.4. The van der Waals surface area contributed by atoms with Crippen molar-refractivity contribution in [3.63, 3.8) is 0 Å². The van der Waals surface area contributed by atoms with Crippen LogP contribution in [0.15, 0.2) is 53.7 Å². The van der Waals surface area contributed by atoms with Crippen molar-refractivity contribution in [3.8, 4) is 5.75 Å². The first-order valence-electron chi connectivity index (χ1n) is 8.65. The van der Waals surface area contributed by atoms with Crippen LogP contribution in [-0.2, 0) is 11.0 Å². The van der Waals surface area contributed by atoms with E-state index in [0.29, 0.717) is 21.7 Å². The smallest absolute Gasteiger partial charge is 0.453 e. The molecule has 0 unspecified atom stereocenters. The third kappa shape index (κ3) is 4.67. The Bertz CT molecular complexity index is 1040. The van der Waals surface area contributed by atoms with E-state index in [1.807, 2.05) is 13.0 Å². The van der Waals surface area contributed by atoms with Crippen molar-refractivity contribution in [2.45, 2.75) is 23.5 Å². The van der Waals surface area contributed by atoms with E-state index >= 15 is 0 Å². The summed E-state index contributed by atoms with van der Waals surface area (Å²) in [7, 11) is 1.47. The molecular formula is C19H18F3N5O2S. The number of rotatable bonds is 6. The number of nitrogens with two attached hydrogens (primary N) is 1. The molecule has 0 saturated heterocycles. The molecule has 11 heteroatoms. The van der Waals surface area contributed by atoms with Gasteiger partial charge in [0.15, 0.2) is 0 Å². The second-order valence-corrected chi connectivity index (χ2v) is 7.35. The number of hydrogen-bond donors (Lipinski definition) is 2. The van der Waals surface area contributed by atoms with Crippen LogP contribution in [0.3, 0.4) is 0 Å². The number of benzene rings is 2. The number of aryl methyl sites for hydroxylation is 1. The van der Waals surface area contributed by atoms with Gasteiger partial charge in [0.1, 0.15) is 11.0 Å². The molecule has 0 spiro atoms. The number of amides is 1. The van der Waals surface area contributed by atoms with E-state index in [9.17, 15) is 18.0 Å². The lowest BCUT2D eigenvalue weighted by molar-refractivity contribution is -0.146. The number of nitrogens with one attached hydrogen (secondary N) is 1. The summed E-state index contributed by atoms with van der Waals surface area (Å²) in [5.41, 5.74) is 1.89. The van der Waals surface area contributed by atoms with Crippen LogP contribution in [0.4, 0.5) is 18.9 Å². The number of nitrogen functional groups attached to an aromatic ring is 1. The van der Waals surface area contributed by atoms with Crippen LogP contribution in [0.2, 0.25) is 0 Å². The Balaban J connectivity index is 1.94. The summed E-state index contributed by atoms with van der Waals surface area (Å²) in [5.74, 6) is 4.15. The summed E-state index contributed by atoms with van der Waals surface area (Å²) in [6.45, 7) is 1.86. The molecular weight excluding hydrogens is 419 g/mol. The number of carbonyl (C=O) groups excluding carboxylic acids is 1. The number of methoxy groups -OCH3 is 1. The Morgan fingerprint density at radius 3 is 2.50 bits per heavy atom. The molecule has 30 heavy (non-hydrogen) atoms. The number of nitrogens with zero attached hydrogens (tertiary/aromatic N) is 3. The van der Waals surface area contributed by atoms with Crippen LogP contribution < -0.4 is 15.9 Å². The van der Waals surface area contributed by atoms with Gasteiger partial charge in [-0.2, -0.15) is 13.2 Å². The Morgan fingerprint density at radius 2 is 1.90 bits per heavy atom. The highest BCUT2D eigenvalue weighted by atomic mass is 32.2. The second kappa shape index (κ2) is 8.66. The molecule has 7 nitrogen and oxygen atoms in total. The monoisotopic (exact) mass is 437 g/mol. The van der Waals surface area contributed by atoms with E-state index in [-0.39, 0.29) is 5.16 Å². The van der Waals surface area contributed by atoms with Crippen molar-refractivity contribution in [2.24, 2.45) is 0 Å². The third-order valence-corrected chi connectivity index (χ3v) is 5.31. The first-order chi connectivity index (χ1) is 14.2. The van der Waals surface area contributed by atoms with Crippen LogP contribution in [0.1, 0.15) is 22.2 Å². The van der Waals surface area contributed by atoms with Gasteiger partial charge in [0.25, 0.3) is 5.82 Å². The van der Waals surface area contributed by atoms with Gasteiger partial charge in [-0.15, -0.1) is 10.2 Å². The largest absolute Gasteiger partial charge is 0.495 e. The highest BCUT2D eigenvalue weighted by Crippen LogP contribution is 2.37. The highest BCUT2D eigenvalue weighted by molar-refractivity contribution is 8.00. The summed E-state index contributed by atoms with van der Waals surface area (Å²) in [6.07, 6.45) is -4.76. The fourth-order valence-electron chi connectivity index (χ4n) is 2.67. The Kier molecular flexibility index (Phi) is 6.20. The quantitative estimate of drug-likeness (QED) is 0.450. The highest BCUT2D eigenvalue weighted by Gasteiger charge is 2.39. The standard InChI is InChI=1S/C19H18F3N5O2S/c1-11-8-9-14(29-2)13(10-11)24-16(28)15(12-6-4-3-5-7-12)30-18-26-25-17(27(18)23)19(20,21)22/h3-10,15H,23H2,1-2H3,(H,24,28)/t15-/m1/s1. The molecule has 0 radical (unpaired) electrons. The summed E-state index contributed by atoms with van der Waals surface area (Å²) in [5, 5.41) is 8.20. The lowest BCUT2D eigenvalue weighted by Gasteiger charge is -2.18. The SMILES string of the molecule is COc1ccc(C)cc1NC(=O)[C@H](Sc1nnc(C(F)(F)F)n1N)c1ccccc1. The molecule has 1 heterocycles. The van der Waals surface area contributed by atoms with E-state index in [1.54, 1.807) is 42.5 Å². The van der Waals surface area contributed by atoms with Crippen LogP contribution in [0.5, 0.6) is 5.75 Å². The predicted octanol–water partition coefficient (Wildman–Crippen LogP) is 3.80. The molecule has 0 saturated carbocycles. The molecule has 0 aliphatic heterocycles. The zero-order valence-electron chi connectivity index (χ0n) is 16.0. The molecule has 1 atom stereocenters. The fourth-order valence-corrected chi connectivity index (χ4v) is 3.63. The zero-order valence-corrected chi connectivity index (χ0v) is 16.8. The second-order valence-electron chi connectivity index (χ2n) is 6.28. The average molecular weight is 437 g/mol. The molecule has 158 valence electrons. The molecule has 1 aromatic heterocycles. The summed E-state index contributed by atoms with van der Waals surface area (Å²) in [4.78, 5) is 13.1. The molecule has 0 aliphatic carbocycles. The van der Waals surface area contributed by atoms with Gasteiger partial charge in [0.05, 0.1) is 12.8 Å². The van der Waals surface area contributed by atoms with Gasteiger partial charge in [-0.05, 0) is 30.2 Å². The molecule has 0 bridgehead atoms. The minimum atomic E-state index is -4.76. The molecule has 2 aromatic carbocycles. The number of carbonyl (C=O) groups is 1. The summed E-state index contributed by atoms with van der Waals surface area (Å²) in [6, 6.07) is 13.8. The molecule has 1 amide bonds. The molecule has 3 aromatic rings. The van der Waals surface area contributed by atoms with Crippen molar-refractivity contribution < 1.29 is 22.7 Å². The minimum Gasteiger partial charge on any atom is -0.495 e. The number of ether oxygens (including phenoxy) is 1. The number of aromatic nitrogens is 3. The number of anilines is 1. The first kappa shape index (κ1) is 21.5. The van der Waals surface area contributed by atoms with Crippen molar-refractivity contribution in [2.75, 3.05) is 18.3 Å². The maximum absolute atomic E-state index is 13.1. The van der Waals surface area contributed by atoms with Gasteiger partial charge >= 0.3 is 6.18 Å². The van der Waals surface area contributed by atoms with Gasteiger partial charge in [0.2, 0.25) is 11.1 Å². The van der Waals surface area contributed by atoms with Crippen LogP contribution in [0.25, 0.3) is 0 Å². The number of halogens is 3. The average Bonchev–Trinajstić information content (AvgIpc) is 3.07. The number of alkyl halides is 3. The van der Waals surface area contributed by atoms with Crippen LogP contribution in [-0.4, -0.2) is 27.9 Å². The Morgan fingerprint density at radius 1 is 1.20 bits per heavy atom. The third-order valence-electron chi connectivity index (χ3n) is 4.09. The van der Waals surface area contributed by atoms with Crippen molar-refractivity contribution in [1.29, 1.82) is 0 Å².